The van der Waals surface area contributed by atoms with Crippen LogP contribution in [0.3, 0.4) is 0 Å². The summed E-state index contributed by atoms with van der Waals surface area (Å²) >= 11 is 0. The van der Waals surface area contributed by atoms with Crippen molar-refractivity contribution in [1.29, 1.82) is 0 Å². The molecule has 21 heavy (non-hydrogen) atoms. The molecule has 4 heteroatoms. The molecule has 2 atom stereocenters. The van der Waals surface area contributed by atoms with E-state index in [1.807, 2.05) is 0 Å². The minimum atomic E-state index is -0.00885. The largest absolute Gasteiger partial charge is 0.507 e. The molecule has 2 fully saturated rings. The van der Waals surface area contributed by atoms with Gasteiger partial charge in [0.25, 0.3) is 0 Å². The predicted octanol–water partition coefficient (Wildman–Crippen LogP) is 2.85. The standard InChI is InChI=1S/C17H23NO3/c19-11-13-6-7-15(10-17(13)20)21-12-14-4-3-9-18-8-2-1-5-16(14)18/h6-7,10-11,14,16,20H,1-5,8-9,12H2/t14-,16-/m1/s1. The van der Waals surface area contributed by atoms with Crippen molar-refractivity contribution in [2.24, 2.45) is 5.92 Å². The molecule has 0 radical (unpaired) electrons. The lowest BCUT2D eigenvalue weighted by Gasteiger charge is -2.44. The first-order chi connectivity index (χ1) is 10.3. The summed E-state index contributed by atoms with van der Waals surface area (Å²) in [5, 5.41) is 9.70. The Labute approximate surface area is 125 Å². The molecule has 0 saturated carbocycles. The monoisotopic (exact) mass is 289 g/mol. The number of ether oxygens (including phenoxy) is 1. The van der Waals surface area contributed by atoms with Crippen LogP contribution in [-0.2, 0) is 0 Å². The van der Waals surface area contributed by atoms with E-state index in [-0.39, 0.29) is 5.75 Å². The number of phenols is 1. The van der Waals surface area contributed by atoms with Crippen LogP contribution in [0.25, 0.3) is 0 Å². The summed E-state index contributed by atoms with van der Waals surface area (Å²) in [6.45, 7) is 3.16. The number of carbonyl (C=O) groups is 1. The molecule has 0 aliphatic carbocycles. The molecule has 114 valence electrons. The highest BCUT2D eigenvalue weighted by Crippen LogP contribution is 2.31. The number of hydrogen-bond donors (Lipinski definition) is 1. The van der Waals surface area contributed by atoms with Gasteiger partial charge in [-0.25, -0.2) is 0 Å². The third-order valence-electron chi connectivity index (χ3n) is 4.82. The Balaban J connectivity index is 1.61. The number of benzene rings is 1. The highest BCUT2D eigenvalue weighted by atomic mass is 16.5. The summed E-state index contributed by atoms with van der Waals surface area (Å²) < 4.78 is 5.87. The number of piperidine rings is 2. The van der Waals surface area contributed by atoms with Gasteiger partial charge in [0.1, 0.15) is 11.5 Å². The quantitative estimate of drug-likeness (QED) is 0.866. The number of nitrogens with zero attached hydrogens (tertiary/aromatic N) is 1. The summed E-state index contributed by atoms with van der Waals surface area (Å²) in [5.41, 5.74) is 0.304. The fourth-order valence-electron chi connectivity index (χ4n) is 3.69. The van der Waals surface area contributed by atoms with Crippen molar-refractivity contribution in [1.82, 2.24) is 4.90 Å². The Kier molecular flexibility index (Phi) is 4.44. The van der Waals surface area contributed by atoms with Crippen LogP contribution in [0.15, 0.2) is 18.2 Å². The first-order valence-electron chi connectivity index (χ1n) is 7.93. The Morgan fingerprint density at radius 3 is 2.90 bits per heavy atom. The first-order valence-corrected chi connectivity index (χ1v) is 7.93. The van der Waals surface area contributed by atoms with Crippen molar-refractivity contribution in [2.75, 3.05) is 19.7 Å². The molecule has 4 nitrogen and oxygen atoms in total. The number of carbonyl (C=O) groups excluding carboxylic acids is 1. The zero-order valence-corrected chi connectivity index (χ0v) is 12.3. The normalized spacial score (nSPS) is 26.1. The third-order valence-corrected chi connectivity index (χ3v) is 4.82. The van der Waals surface area contributed by atoms with Gasteiger partial charge in [-0.05, 0) is 50.9 Å². The summed E-state index contributed by atoms with van der Waals surface area (Å²) in [6, 6.07) is 5.55. The highest BCUT2D eigenvalue weighted by Gasteiger charge is 2.33. The van der Waals surface area contributed by atoms with E-state index >= 15 is 0 Å². The van der Waals surface area contributed by atoms with Gasteiger partial charge in [0.2, 0.25) is 0 Å². The zero-order valence-electron chi connectivity index (χ0n) is 12.3. The third kappa shape index (κ3) is 3.21. The number of aldehydes is 1. The van der Waals surface area contributed by atoms with Gasteiger partial charge in [0.15, 0.2) is 6.29 Å². The van der Waals surface area contributed by atoms with Crippen LogP contribution in [0.2, 0.25) is 0 Å². The molecule has 0 bridgehead atoms. The lowest BCUT2D eigenvalue weighted by molar-refractivity contribution is 0.0366. The molecule has 2 heterocycles. The van der Waals surface area contributed by atoms with Crippen LogP contribution in [0.1, 0.15) is 42.5 Å². The molecular formula is C17H23NO3. The van der Waals surface area contributed by atoms with E-state index in [2.05, 4.69) is 4.90 Å². The van der Waals surface area contributed by atoms with Crippen molar-refractivity contribution in [3.63, 3.8) is 0 Å². The van der Waals surface area contributed by atoms with Gasteiger partial charge < -0.3 is 9.84 Å². The maximum atomic E-state index is 10.7. The minimum Gasteiger partial charge on any atom is -0.507 e. The van der Waals surface area contributed by atoms with Crippen molar-refractivity contribution in [3.05, 3.63) is 23.8 Å². The van der Waals surface area contributed by atoms with E-state index in [1.54, 1.807) is 12.1 Å². The lowest BCUT2D eigenvalue weighted by Crippen LogP contribution is -2.49. The summed E-state index contributed by atoms with van der Waals surface area (Å²) in [4.78, 5) is 13.3. The number of hydrogen-bond acceptors (Lipinski definition) is 4. The first kappa shape index (κ1) is 14.4. The molecular weight excluding hydrogens is 266 g/mol. The van der Waals surface area contributed by atoms with Crippen LogP contribution in [-0.4, -0.2) is 42.0 Å². The van der Waals surface area contributed by atoms with E-state index in [0.29, 0.717) is 36.2 Å². The Morgan fingerprint density at radius 1 is 1.24 bits per heavy atom. The molecule has 0 unspecified atom stereocenters. The summed E-state index contributed by atoms with van der Waals surface area (Å²) in [5.74, 6) is 1.21. The maximum absolute atomic E-state index is 10.7. The fraction of sp³-hybridized carbons (Fsp3) is 0.588. The smallest absolute Gasteiger partial charge is 0.153 e. The lowest BCUT2D eigenvalue weighted by atomic mass is 9.84. The van der Waals surface area contributed by atoms with Gasteiger partial charge in [-0.2, -0.15) is 0 Å². The van der Waals surface area contributed by atoms with Gasteiger partial charge in [-0.3, -0.25) is 9.69 Å². The highest BCUT2D eigenvalue weighted by molar-refractivity contribution is 5.79. The van der Waals surface area contributed by atoms with Crippen molar-refractivity contribution >= 4 is 6.29 Å². The van der Waals surface area contributed by atoms with E-state index in [4.69, 9.17) is 4.74 Å². The molecule has 3 rings (SSSR count). The van der Waals surface area contributed by atoms with E-state index in [0.717, 1.165) is 0 Å². The second kappa shape index (κ2) is 6.48. The maximum Gasteiger partial charge on any atom is 0.153 e. The Morgan fingerprint density at radius 2 is 2.10 bits per heavy atom. The van der Waals surface area contributed by atoms with Crippen LogP contribution < -0.4 is 4.74 Å². The summed E-state index contributed by atoms with van der Waals surface area (Å²) in [7, 11) is 0. The fourth-order valence-corrected chi connectivity index (χ4v) is 3.69. The molecule has 0 spiro atoms. The molecule has 1 N–H and O–H groups in total. The van der Waals surface area contributed by atoms with Crippen molar-refractivity contribution in [3.8, 4) is 11.5 Å². The number of fused-ring (bicyclic) bond motifs is 1. The van der Waals surface area contributed by atoms with E-state index in [1.165, 1.54) is 51.3 Å². The SMILES string of the molecule is O=Cc1ccc(OC[C@H]2CCCN3CCCC[C@H]23)cc1O. The average Bonchev–Trinajstić information content (AvgIpc) is 2.53. The van der Waals surface area contributed by atoms with Crippen molar-refractivity contribution < 1.29 is 14.6 Å². The van der Waals surface area contributed by atoms with Crippen LogP contribution >= 0.6 is 0 Å². The van der Waals surface area contributed by atoms with Crippen LogP contribution in [0, 0.1) is 5.92 Å². The van der Waals surface area contributed by atoms with Gasteiger partial charge >= 0.3 is 0 Å². The number of rotatable bonds is 4. The van der Waals surface area contributed by atoms with E-state index in [9.17, 15) is 9.90 Å². The van der Waals surface area contributed by atoms with Gasteiger partial charge in [-0.15, -0.1) is 0 Å². The van der Waals surface area contributed by atoms with Crippen molar-refractivity contribution in [2.45, 2.75) is 38.1 Å². The zero-order chi connectivity index (χ0) is 14.7. The topological polar surface area (TPSA) is 49.8 Å². The number of aromatic hydroxyl groups is 1. The number of phenolic OH excluding ortho intramolecular Hbond substituents is 1. The Hall–Kier alpha value is -1.55. The second-order valence-corrected chi connectivity index (χ2v) is 6.15. The Bertz CT molecular complexity index is 501. The molecule has 0 amide bonds. The van der Waals surface area contributed by atoms with E-state index < -0.39 is 0 Å². The molecule has 2 aliphatic heterocycles. The molecule has 1 aromatic rings. The van der Waals surface area contributed by atoms with Gasteiger partial charge in [-0.1, -0.05) is 6.42 Å². The second-order valence-electron chi connectivity index (χ2n) is 6.15. The average molecular weight is 289 g/mol. The minimum absolute atomic E-state index is 0.00885. The van der Waals surface area contributed by atoms with Crippen LogP contribution in [0.4, 0.5) is 0 Å². The molecule has 1 aromatic carbocycles. The summed E-state index contributed by atoms with van der Waals surface area (Å²) in [6.07, 6.45) is 7.06. The molecule has 2 saturated heterocycles. The molecule has 2 aliphatic rings. The van der Waals surface area contributed by atoms with Crippen LogP contribution in [0.5, 0.6) is 11.5 Å². The molecule has 0 aromatic heterocycles. The van der Waals surface area contributed by atoms with Gasteiger partial charge in [0, 0.05) is 18.0 Å². The predicted molar refractivity (Wildman–Crippen MR) is 80.9 cm³/mol. The van der Waals surface area contributed by atoms with Gasteiger partial charge in [0.05, 0.1) is 12.2 Å².